The molecule has 0 radical (unpaired) electrons. The van der Waals surface area contributed by atoms with Gasteiger partial charge in [-0.2, -0.15) is 8.78 Å². The van der Waals surface area contributed by atoms with E-state index >= 15 is 0 Å². The number of rotatable bonds is 4. The minimum absolute atomic E-state index is 0.303. The molecule has 0 aliphatic rings. The summed E-state index contributed by atoms with van der Waals surface area (Å²) in [5, 5.41) is 0. The zero-order chi connectivity index (χ0) is 13.2. The molecular weight excluding hydrogens is 254 g/mol. The second kappa shape index (κ2) is 4.99. The predicted molar refractivity (Wildman–Crippen MR) is 60.7 cm³/mol. The smallest absolute Gasteiger partial charge is 0.492 e. The molecule has 3 nitrogen and oxygen atoms in total. The summed E-state index contributed by atoms with van der Waals surface area (Å²) in [4.78, 5) is 0. The van der Waals surface area contributed by atoms with E-state index in [0.717, 1.165) is 0 Å². The van der Waals surface area contributed by atoms with Gasteiger partial charge in [-0.05, 0) is 32.5 Å². The number of halogens is 2. The highest BCUT2D eigenvalue weighted by atomic mass is 32.2. The Bertz CT molecular complexity index is 258. The maximum absolute atomic E-state index is 13.2. The first-order chi connectivity index (χ1) is 6.81. The fourth-order valence-corrected chi connectivity index (χ4v) is 2.56. The molecule has 0 spiro atoms. The molecular formula is C9H18F2O3SSi. The van der Waals surface area contributed by atoms with E-state index < -0.39 is 25.0 Å². The molecule has 0 amide bonds. The van der Waals surface area contributed by atoms with Crippen LogP contribution in [-0.4, -0.2) is 25.0 Å². The van der Waals surface area contributed by atoms with Crippen molar-refractivity contribution in [3.8, 4) is 0 Å². The number of hydrogen-bond acceptors (Lipinski definition) is 4. The van der Waals surface area contributed by atoms with Crippen LogP contribution in [0.2, 0.25) is 0 Å². The van der Waals surface area contributed by atoms with E-state index in [1.807, 2.05) is 0 Å². The molecule has 0 aliphatic heterocycles. The standard InChI is InChI=1S/C9H18F2O3SSi/c1-7(2,3)13-16(12)14-9(10,11)15-8(4,5)6/h1-6H3. The Labute approximate surface area is 101 Å². The van der Waals surface area contributed by atoms with Gasteiger partial charge in [0, 0.05) is 4.75 Å². The first-order valence-electron chi connectivity index (χ1n) is 4.81. The van der Waals surface area contributed by atoms with Crippen LogP contribution in [0.1, 0.15) is 41.5 Å². The summed E-state index contributed by atoms with van der Waals surface area (Å²) in [5.74, 6) is 0. The van der Waals surface area contributed by atoms with E-state index in [0.29, 0.717) is 11.8 Å². The van der Waals surface area contributed by atoms with Gasteiger partial charge in [0.05, 0.1) is 5.60 Å². The van der Waals surface area contributed by atoms with E-state index in [1.165, 1.54) is 0 Å². The van der Waals surface area contributed by atoms with E-state index in [1.54, 1.807) is 41.5 Å². The number of alkyl halides is 2. The normalized spacial score (nSPS) is 13.5. The molecule has 0 rings (SSSR count). The Morgan fingerprint density at radius 3 is 1.75 bits per heavy atom. The van der Waals surface area contributed by atoms with Gasteiger partial charge in [0.25, 0.3) is 0 Å². The van der Waals surface area contributed by atoms with Crippen LogP contribution in [0, 0.1) is 0 Å². The van der Waals surface area contributed by atoms with E-state index in [9.17, 15) is 13.2 Å². The predicted octanol–water partition coefficient (Wildman–Crippen LogP) is 3.32. The fourth-order valence-electron chi connectivity index (χ4n) is 0.745. The van der Waals surface area contributed by atoms with Gasteiger partial charge in [-0.25, -0.2) is 0 Å². The summed E-state index contributed by atoms with van der Waals surface area (Å²) < 4.78 is 45.9. The van der Waals surface area contributed by atoms with Crippen molar-refractivity contribution in [3.63, 3.8) is 0 Å². The summed E-state index contributed by atoms with van der Waals surface area (Å²) in [6, 6.07) is 0. The van der Waals surface area contributed by atoms with E-state index in [-0.39, 0.29) is 0 Å². The van der Waals surface area contributed by atoms with Gasteiger partial charge in [-0.15, -0.1) is 0 Å². The van der Waals surface area contributed by atoms with Gasteiger partial charge in [0.1, 0.15) is 0 Å². The Morgan fingerprint density at radius 1 is 1.00 bits per heavy atom. The molecule has 0 aromatic carbocycles. The first-order valence-corrected chi connectivity index (χ1v) is 6.85. The lowest BCUT2D eigenvalue weighted by molar-refractivity contribution is -0.116. The van der Waals surface area contributed by atoms with Gasteiger partial charge >= 0.3 is 14.6 Å². The molecule has 0 aromatic heterocycles. The first kappa shape index (κ1) is 15.8. The third-order valence-electron chi connectivity index (χ3n) is 1.02. The lowest BCUT2D eigenvalue weighted by Crippen LogP contribution is -2.33. The lowest BCUT2D eigenvalue weighted by atomic mass is 10.2. The van der Waals surface area contributed by atoms with Crippen LogP contribution in [0.3, 0.4) is 0 Å². The molecule has 0 heterocycles. The lowest BCUT2D eigenvalue weighted by Gasteiger charge is -2.26. The molecule has 7 heteroatoms. The van der Waals surface area contributed by atoms with Crippen LogP contribution >= 0.6 is 11.8 Å². The summed E-state index contributed by atoms with van der Waals surface area (Å²) in [7, 11) is -3.20. The van der Waals surface area contributed by atoms with Crippen molar-refractivity contribution in [3.05, 3.63) is 0 Å². The zero-order valence-corrected chi connectivity index (χ0v) is 12.2. The van der Waals surface area contributed by atoms with Crippen molar-refractivity contribution in [2.24, 2.45) is 0 Å². The molecule has 0 atom stereocenters. The average molecular weight is 272 g/mol. The molecule has 0 unspecified atom stereocenters. The molecule has 0 saturated heterocycles. The van der Waals surface area contributed by atoms with Crippen LogP contribution in [-0.2, 0) is 13.3 Å². The molecule has 0 fully saturated rings. The molecule has 0 N–H and O–H groups in total. The molecule has 96 valence electrons. The average Bonchev–Trinajstić information content (AvgIpc) is 1.70. The topological polar surface area (TPSA) is 35.5 Å². The molecule has 0 aromatic rings. The highest BCUT2D eigenvalue weighted by Crippen LogP contribution is 2.39. The second-order valence-electron chi connectivity index (χ2n) is 5.24. The summed E-state index contributed by atoms with van der Waals surface area (Å²) in [6.45, 7) is 9.72. The highest BCUT2D eigenvalue weighted by Gasteiger charge is 2.42. The number of hydrogen-bond donors (Lipinski definition) is 0. The number of thioether (sulfide) groups is 1. The molecule has 16 heavy (non-hydrogen) atoms. The minimum atomic E-state index is -3.50. The van der Waals surface area contributed by atoms with Gasteiger partial charge in [0.15, 0.2) is 0 Å². The maximum atomic E-state index is 13.2. The zero-order valence-electron chi connectivity index (χ0n) is 10.4. The van der Waals surface area contributed by atoms with Crippen LogP contribution in [0.5, 0.6) is 0 Å². The van der Waals surface area contributed by atoms with Crippen molar-refractivity contribution in [2.75, 3.05) is 0 Å². The second-order valence-corrected chi connectivity index (χ2v) is 8.06. The third-order valence-corrected chi connectivity index (χ3v) is 3.30. The van der Waals surface area contributed by atoms with Crippen molar-refractivity contribution in [2.45, 2.75) is 57.3 Å². The van der Waals surface area contributed by atoms with Crippen LogP contribution in [0.25, 0.3) is 0 Å². The fraction of sp³-hybridized carbons (Fsp3) is 1.00. The SMILES string of the molecule is CC(C)(C)O[Si](=O)OC(F)(F)SC(C)(C)C. The summed E-state index contributed by atoms with van der Waals surface area (Å²) in [5.41, 5.74) is -4.27. The monoisotopic (exact) mass is 272 g/mol. The Hall–Kier alpha value is -0.173. The summed E-state index contributed by atoms with van der Waals surface area (Å²) >= 11 is 0.303. The Balaban J connectivity index is 4.32. The maximum Gasteiger partial charge on any atom is 0.772 e. The van der Waals surface area contributed by atoms with Gasteiger partial charge in [0.2, 0.25) is 0 Å². The minimum Gasteiger partial charge on any atom is -0.492 e. The Kier molecular flexibility index (Phi) is 4.94. The van der Waals surface area contributed by atoms with Gasteiger partial charge < -0.3 is 8.85 Å². The third kappa shape index (κ3) is 9.08. The highest BCUT2D eigenvalue weighted by molar-refractivity contribution is 8.01. The van der Waals surface area contributed by atoms with E-state index in [4.69, 9.17) is 4.43 Å². The Morgan fingerprint density at radius 2 is 1.44 bits per heavy atom. The molecule has 0 saturated carbocycles. The molecule has 0 bridgehead atoms. The van der Waals surface area contributed by atoms with Crippen LogP contribution in [0.15, 0.2) is 0 Å². The van der Waals surface area contributed by atoms with Crippen LogP contribution in [0.4, 0.5) is 8.78 Å². The van der Waals surface area contributed by atoms with Crippen molar-refractivity contribution >= 4 is 20.9 Å². The molecule has 0 aliphatic carbocycles. The van der Waals surface area contributed by atoms with Gasteiger partial charge in [-0.1, -0.05) is 20.8 Å². The van der Waals surface area contributed by atoms with Crippen molar-refractivity contribution in [1.82, 2.24) is 0 Å². The largest absolute Gasteiger partial charge is 0.772 e. The van der Waals surface area contributed by atoms with Gasteiger partial charge in [-0.3, -0.25) is 4.46 Å². The van der Waals surface area contributed by atoms with Crippen LogP contribution < -0.4 is 0 Å². The van der Waals surface area contributed by atoms with Crippen molar-refractivity contribution < 1.29 is 22.1 Å². The quantitative estimate of drug-likeness (QED) is 0.581. The summed E-state index contributed by atoms with van der Waals surface area (Å²) in [6.07, 6.45) is 0. The van der Waals surface area contributed by atoms with Crippen molar-refractivity contribution in [1.29, 1.82) is 0 Å². The van der Waals surface area contributed by atoms with E-state index in [2.05, 4.69) is 4.43 Å².